The molecule has 122 valence electrons. The van der Waals surface area contributed by atoms with E-state index in [1.807, 2.05) is 0 Å². The average molecular weight is 307 g/mol. The Balaban J connectivity index is 1.37. The van der Waals surface area contributed by atoms with E-state index in [1.165, 1.54) is 69.3 Å². The number of unbranched alkanes of at least 4 members (excludes halogenated alkanes) is 2. The fraction of sp³-hybridized carbons (Fsp3) is 0.455. The Hall–Kier alpha value is -1.60. The maximum Gasteiger partial charge on any atom is 0.00221 e. The zero-order valence-corrected chi connectivity index (χ0v) is 14.4. The molecule has 2 aromatic carbocycles. The van der Waals surface area contributed by atoms with Crippen LogP contribution >= 0.6 is 0 Å². The molecule has 3 rings (SSSR count). The molecule has 1 aliphatic rings. The summed E-state index contributed by atoms with van der Waals surface area (Å²) >= 11 is 0. The predicted molar refractivity (Wildman–Crippen MR) is 99.0 cm³/mol. The summed E-state index contributed by atoms with van der Waals surface area (Å²) in [5.74, 6) is 0. The van der Waals surface area contributed by atoms with E-state index in [1.54, 1.807) is 11.1 Å². The summed E-state index contributed by atoms with van der Waals surface area (Å²) in [7, 11) is 0. The minimum Gasteiger partial charge on any atom is -0.303 e. The van der Waals surface area contributed by atoms with Crippen molar-refractivity contribution in [2.75, 3.05) is 19.6 Å². The van der Waals surface area contributed by atoms with Crippen LogP contribution in [0.25, 0.3) is 0 Å². The van der Waals surface area contributed by atoms with Gasteiger partial charge in [-0.3, -0.25) is 0 Å². The van der Waals surface area contributed by atoms with Gasteiger partial charge in [0.25, 0.3) is 0 Å². The van der Waals surface area contributed by atoms with Gasteiger partial charge in [-0.25, -0.2) is 0 Å². The summed E-state index contributed by atoms with van der Waals surface area (Å²) in [6.07, 6.45) is 7.67. The highest BCUT2D eigenvalue weighted by Gasteiger charge is 2.13. The Morgan fingerprint density at radius 2 is 1.61 bits per heavy atom. The van der Waals surface area contributed by atoms with Gasteiger partial charge in [-0.2, -0.15) is 0 Å². The third-order valence-electron chi connectivity index (χ3n) is 5.04. The molecule has 1 heterocycles. The van der Waals surface area contributed by atoms with Crippen molar-refractivity contribution in [3.8, 4) is 0 Å². The lowest BCUT2D eigenvalue weighted by atomic mass is 10.0. The molecule has 1 heteroatoms. The highest BCUT2D eigenvalue weighted by Crippen LogP contribution is 2.18. The normalized spacial score (nSPS) is 15.2. The molecule has 0 aliphatic carbocycles. The molecular weight excluding hydrogens is 278 g/mol. The van der Waals surface area contributed by atoms with Crippen molar-refractivity contribution in [1.29, 1.82) is 0 Å². The number of hydrogen-bond donors (Lipinski definition) is 0. The van der Waals surface area contributed by atoms with Crippen LogP contribution in [0.15, 0.2) is 48.5 Å². The maximum atomic E-state index is 2.66. The fourth-order valence-electron chi connectivity index (χ4n) is 3.61. The predicted octanol–water partition coefficient (Wildman–Crippen LogP) is 4.81. The van der Waals surface area contributed by atoms with Crippen molar-refractivity contribution in [3.05, 3.63) is 70.8 Å². The van der Waals surface area contributed by atoms with Crippen LogP contribution in [0.2, 0.25) is 0 Å². The maximum absolute atomic E-state index is 2.66. The van der Waals surface area contributed by atoms with Gasteiger partial charge in [-0.15, -0.1) is 0 Å². The van der Waals surface area contributed by atoms with Gasteiger partial charge < -0.3 is 4.90 Å². The van der Waals surface area contributed by atoms with Gasteiger partial charge in [-0.1, -0.05) is 60.5 Å². The molecule has 0 unspecified atom stereocenters. The van der Waals surface area contributed by atoms with E-state index in [-0.39, 0.29) is 0 Å². The topological polar surface area (TPSA) is 3.24 Å². The molecule has 0 N–H and O–H groups in total. The van der Waals surface area contributed by atoms with Crippen LogP contribution in [0, 0.1) is 6.92 Å². The lowest BCUT2D eigenvalue weighted by molar-refractivity contribution is 0.280. The number of rotatable bonds is 6. The third kappa shape index (κ3) is 4.94. The molecule has 0 saturated heterocycles. The van der Waals surface area contributed by atoms with Crippen molar-refractivity contribution in [2.45, 2.75) is 45.4 Å². The smallest absolute Gasteiger partial charge is 0.00221 e. The first kappa shape index (κ1) is 16.3. The second kappa shape index (κ2) is 8.31. The zero-order valence-electron chi connectivity index (χ0n) is 14.4. The monoisotopic (exact) mass is 307 g/mol. The molecule has 0 spiro atoms. The highest BCUT2D eigenvalue weighted by molar-refractivity contribution is 5.32. The summed E-state index contributed by atoms with van der Waals surface area (Å²) in [4.78, 5) is 2.66. The number of nitrogens with zero attached hydrogens (tertiary/aromatic N) is 1. The summed E-state index contributed by atoms with van der Waals surface area (Å²) in [5, 5.41) is 0. The van der Waals surface area contributed by atoms with Gasteiger partial charge in [-0.05, 0) is 62.3 Å². The quantitative estimate of drug-likeness (QED) is 0.692. The van der Waals surface area contributed by atoms with Crippen LogP contribution in [0.4, 0.5) is 0 Å². The Bertz CT molecular complexity index is 603. The molecule has 1 nitrogen and oxygen atoms in total. The summed E-state index contributed by atoms with van der Waals surface area (Å²) in [5.41, 5.74) is 6.03. The summed E-state index contributed by atoms with van der Waals surface area (Å²) in [6.45, 7) is 5.93. The van der Waals surface area contributed by atoms with E-state index in [9.17, 15) is 0 Å². The van der Waals surface area contributed by atoms with E-state index in [0.717, 1.165) is 0 Å². The van der Waals surface area contributed by atoms with Gasteiger partial charge in [0.05, 0.1) is 0 Å². The molecule has 2 aromatic rings. The van der Waals surface area contributed by atoms with Crippen molar-refractivity contribution in [3.63, 3.8) is 0 Å². The molecular formula is C22H29N. The Morgan fingerprint density at radius 1 is 0.826 bits per heavy atom. The third-order valence-corrected chi connectivity index (χ3v) is 5.04. The van der Waals surface area contributed by atoms with Crippen LogP contribution in [0.5, 0.6) is 0 Å². The van der Waals surface area contributed by atoms with Crippen LogP contribution < -0.4 is 0 Å². The number of aryl methyl sites for hydroxylation is 2. The molecule has 0 amide bonds. The summed E-state index contributed by atoms with van der Waals surface area (Å²) < 4.78 is 0. The second-order valence-corrected chi connectivity index (χ2v) is 6.91. The first-order valence-corrected chi connectivity index (χ1v) is 9.16. The first-order valence-electron chi connectivity index (χ1n) is 9.16. The number of hydrogen-bond acceptors (Lipinski definition) is 1. The van der Waals surface area contributed by atoms with Gasteiger partial charge >= 0.3 is 0 Å². The Kier molecular flexibility index (Phi) is 5.87. The van der Waals surface area contributed by atoms with Gasteiger partial charge in [0.1, 0.15) is 0 Å². The number of benzene rings is 2. The molecule has 1 aliphatic heterocycles. The van der Waals surface area contributed by atoms with E-state index in [2.05, 4.69) is 60.4 Å². The molecule has 23 heavy (non-hydrogen) atoms. The van der Waals surface area contributed by atoms with Crippen LogP contribution in [0.1, 0.15) is 41.5 Å². The Morgan fingerprint density at radius 3 is 2.43 bits per heavy atom. The van der Waals surface area contributed by atoms with Crippen molar-refractivity contribution in [2.24, 2.45) is 0 Å². The lowest BCUT2D eigenvalue weighted by Crippen LogP contribution is -2.27. The van der Waals surface area contributed by atoms with Crippen molar-refractivity contribution >= 4 is 0 Å². The standard InChI is InChI=1S/C22H29N/c1-19-11-12-21-13-16-23(17-14-22(21)18-19)15-7-3-6-10-20-8-4-2-5-9-20/h2,4-5,8-9,11-12,18H,3,6-7,10,13-17H2,1H3. The average Bonchev–Trinajstić information content (AvgIpc) is 2.78. The second-order valence-electron chi connectivity index (χ2n) is 6.91. The lowest BCUT2D eigenvalue weighted by Gasteiger charge is -2.19. The molecule has 0 aromatic heterocycles. The van der Waals surface area contributed by atoms with Crippen LogP contribution in [0.3, 0.4) is 0 Å². The van der Waals surface area contributed by atoms with Gasteiger partial charge in [0, 0.05) is 13.1 Å². The minimum atomic E-state index is 1.22. The molecule has 0 fully saturated rings. The number of fused-ring (bicyclic) bond motifs is 1. The minimum absolute atomic E-state index is 1.22. The fourth-order valence-corrected chi connectivity index (χ4v) is 3.61. The van der Waals surface area contributed by atoms with Gasteiger partial charge in [0.15, 0.2) is 0 Å². The zero-order chi connectivity index (χ0) is 15.9. The highest BCUT2D eigenvalue weighted by atomic mass is 15.1. The Labute approximate surface area is 141 Å². The van der Waals surface area contributed by atoms with Crippen molar-refractivity contribution in [1.82, 2.24) is 4.90 Å². The van der Waals surface area contributed by atoms with E-state index in [4.69, 9.17) is 0 Å². The molecule has 0 bridgehead atoms. The largest absolute Gasteiger partial charge is 0.303 e. The molecule has 0 saturated carbocycles. The molecule has 0 radical (unpaired) electrons. The molecule has 0 atom stereocenters. The van der Waals surface area contributed by atoms with E-state index < -0.39 is 0 Å². The van der Waals surface area contributed by atoms with E-state index >= 15 is 0 Å². The van der Waals surface area contributed by atoms with E-state index in [0.29, 0.717) is 0 Å². The van der Waals surface area contributed by atoms with Crippen molar-refractivity contribution < 1.29 is 0 Å². The van der Waals surface area contributed by atoms with Crippen LogP contribution in [-0.2, 0) is 19.3 Å². The SMILES string of the molecule is Cc1ccc2c(c1)CCN(CCCCCc1ccccc1)CC2. The van der Waals surface area contributed by atoms with Crippen LogP contribution in [-0.4, -0.2) is 24.5 Å². The van der Waals surface area contributed by atoms with Gasteiger partial charge in [0.2, 0.25) is 0 Å². The first-order chi connectivity index (χ1) is 11.3. The summed E-state index contributed by atoms with van der Waals surface area (Å²) in [6, 6.07) is 17.9.